The van der Waals surface area contributed by atoms with E-state index in [1.165, 1.54) is 0 Å². The standard InChI is InChI=1S/C23H31N3O3/c1-15(2)19-7-6-8-20(16(3)4)21(19)26-23(28)25-14-13-24-22(27)17-9-11-18(29-5)12-10-17/h6-12,15-16H,13-14H2,1-5H3,(H,24,27)(H2,25,26,28). The van der Waals surface area contributed by atoms with Gasteiger partial charge in [0, 0.05) is 24.3 Å². The molecule has 6 heteroatoms. The van der Waals surface area contributed by atoms with Crippen molar-refractivity contribution in [3.63, 3.8) is 0 Å². The molecule has 0 bridgehead atoms. The Labute approximate surface area is 173 Å². The molecule has 2 aromatic rings. The van der Waals surface area contributed by atoms with Crippen molar-refractivity contribution in [2.75, 3.05) is 25.5 Å². The number of rotatable bonds is 8. The second kappa shape index (κ2) is 10.5. The van der Waals surface area contributed by atoms with Crippen LogP contribution in [0.3, 0.4) is 0 Å². The number of hydrogen-bond donors (Lipinski definition) is 3. The van der Waals surface area contributed by atoms with Crippen molar-refractivity contribution < 1.29 is 14.3 Å². The fourth-order valence-corrected chi connectivity index (χ4v) is 3.05. The van der Waals surface area contributed by atoms with E-state index < -0.39 is 0 Å². The van der Waals surface area contributed by atoms with E-state index in [9.17, 15) is 9.59 Å². The van der Waals surface area contributed by atoms with Crippen molar-refractivity contribution in [2.24, 2.45) is 0 Å². The molecular formula is C23H31N3O3. The minimum absolute atomic E-state index is 0.192. The number of benzene rings is 2. The molecule has 0 aliphatic heterocycles. The van der Waals surface area contributed by atoms with Crippen LogP contribution in [0.2, 0.25) is 0 Å². The Balaban J connectivity index is 1.88. The van der Waals surface area contributed by atoms with Gasteiger partial charge in [-0.3, -0.25) is 4.79 Å². The highest BCUT2D eigenvalue weighted by atomic mass is 16.5. The van der Waals surface area contributed by atoms with Crippen LogP contribution in [0, 0.1) is 0 Å². The minimum Gasteiger partial charge on any atom is -0.497 e. The first kappa shape index (κ1) is 22.3. The number of hydrogen-bond acceptors (Lipinski definition) is 3. The largest absolute Gasteiger partial charge is 0.497 e. The molecule has 0 atom stereocenters. The van der Waals surface area contributed by atoms with Crippen LogP contribution in [0.5, 0.6) is 5.75 Å². The van der Waals surface area contributed by atoms with E-state index >= 15 is 0 Å². The van der Waals surface area contributed by atoms with Crippen LogP contribution in [0.15, 0.2) is 42.5 Å². The summed E-state index contributed by atoms with van der Waals surface area (Å²) in [5.41, 5.74) is 3.64. The molecule has 0 saturated carbocycles. The number of para-hydroxylation sites is 1. The zero-order chi connectivity index (χ0) is 21.4. The van der Waals surface area contributed by atoms with Crippen molar-refractivity contribution in [2.45, 2.75) is 39.5 Å². The highest BCUT2D eigenvalue weighted by molar-refractivity contribution is 5.94. The number of carbonyl (C=O) groups is 2. The molecule has 156 valence electrons. The van der Waals surface area contributed by atoms with Gasteiger partial charge < -0.3 is 20.7 Å². The van der Waals surface area contributed by atoms with Crippen molar-refractivity contribution in [3.05, 3.63) is 59.2 Å². The second-order valence-corrected chi connectivity index (χ2v) is 7.49. The molecule has 2 aromatic carbocycles. The lowest BCUT2D eigenvalue weighted by molar-refractivity contribution is 0.0954. The highest BCUT2D eigenvalue weighted by Crippen LogP contribution is 2.32. The second-order valence-electron chi connectivity index (χ2n) is 7.49. The third-order valence-electron chi connectivity index (χ3n) is 4.66. The van der Waals surface area contributed by atoms with E-state index in [1.807, 2.05) is 18.2 Å². The van der Waals surface area contributed by atoms with E-state index in [0.717, 1.165) is 16.8 Å². The Hall–Kier alpha value is -3.02. The number of methoxy groups -OCH3 is 1. The van der Waals surface area contributed by atoms with Gasteiger partial charge in [0.1, 0.15) is 5.75 Å². The van der Waals surface area contributed by atoms with Crippen LogP contribution in [0.4, 0.5) is 10.5 Å². The summed E-state index contributed by atoms with van der Waals surface area (Å²) in [6, 6.07) is 12.7. The molecule has 0 unspecified atom stereocenters. The molecule has 0 aliphatic carbocycles. The average Bonchev–Trinajstić information content (AvgIpc) is 2.70. The number of ether oxygens (including phenoxy) is 1. The third-order valence-corrected chi connectivity index (χ3v) is 4.66. The van der Waals surface area contributed by atoms with E-state index in [0.29, 0.717) is 36.2 Å². The fraction of sp³-hybridized carbons (Fsp3) is 0.391. The van der Waals surface area contributed by atoms with Gasteiger partial charge in [-0.05, 0) is 47.2 Å². The summed E-state index contributed by atoms with van der Waals surface area (Å²) in [5, 5.41) is 8.59. The number of anilines is 1. The Morgan fingerprint density at radius 2 is 1.41 bits per heavy atom. The van der Waals surface area contributed by atoms with Gasteiger partial charge in [0.25, 0.3) is 5.91 Å². The van der Waals surface area contributed by atoms with Gasteiger partial charge in [-0.2, -0.15) is 0 Å². The van der Waals surface area contributed by atoms with Crippen molar-refractivity contribution >= 4 is 17.6 Å². The number of urea groups is 1. The highest BCUT2D eigenvalue weighted by Gasteiger charge is 2.15. The van der Waals surface area contributed by atoms with Gasteiger partial charge in [-0.15, -0.1) is 0 Å². The van der Waals surface area contributed by atoms with Crippen molar-refractivity contribution in [1.82, 2.24) is 10.6 Å². The summed E-state index contributed by atoms with van der Waals surface area (Å²) in [5.74, 6) is 1.10. The maximum atomic E-state index is 12.4. The lowest BCUT2D eigenvalue weighted by Gasteiger charge is -2.20. The van der Waals surface area contributed by atoms with Gasteiger partial charge in [-0.1, -0.05) is 45.9 Å². The van der Waals surface area contributed by atoms with Gasteiger partial charge in [0.2, 0.25) is 0 Å². The number of amides is 3. The maximum Gasteiger partial charge on any atom is 0.319 e. The Morgan fingerprint density at radius 1 is 0.862 bits per heavy atom. The Kier molecular flexibility index (Phi) is 8.07. The predicted octanol–water partition coefficient (Wildman–Crippen LogP) is 4.49. The van der Waals surface area contributed by atoms with E-state index in [2.05, 4.69) is 43.6 Å². The van der Waals surface area contributed by atoms with Crippen LogP contribution in [0.25, 0.3) is 0 Å². The molecule has 29 heavy (non-hydrogen) atoms. The first-order valence-corrected chi connectivity index (χ1v) is 9.93. The number of nitrogens with one attached hydrogen (secondary N) is 3. The molecule has 0 radical (unpaired) electrons. The van der Waals surface area contributed by atoms with Crippen LogP contribution in [0.1, 0.15) is 61.0 Å². The lowest BCUT2D eigenvalue weighted by atomic mass is 9.93. The summed E-state index contributed by atoms with van der Waals surface area (Å²) < 4.78 is 5.08. The molecule has 3 amide bonds. The molecule has 0 saturated heterocycles. The van der Waals surface area contributed by atoms with Gasteiger partial charge in [0.05, 0.1) is 7.11 Å². The summed E-state index contributed by atoms with van der Waals surface area (Å²) in [6.07, 6.45) is 0. The SMILES string of the molecule is COc1ccc(C(=O)NCCNC(=O)Nc2c(C(C)C)cccc2C(C)C)cc1. The van der Waals surface area contributed by atoms with E-state index in [4.69, 9.17) is 4.74 Å². The van der Waals surface area contributed by atoms with Crippen LogP contribution in [-0.2, 0) is 0 Å². The topological polar surface area (TPSA) is 79.5 Å². The molecule has 2 rings (SSSR count). The van der Waals surface area contributed by atoms with E-state index in [-0.39, 0.29) is 11.9 Å². The third kappa shape index (κ3) is 6.24. The zero-order valence-electron chi connectivity index (χ0n) is 17.8. The molecule has 3 N–H and O–H groups in total. The summed E-state index contributed by atoms with van der Waals surface area (Å²) >= 11 is 0. The predicted molar refractivity (Wildman–Crippen MR) is 117 cm³/mol. The molecule has 6 nitrogen and oxygen atoms in total. The normalized spacial score (nSPS) is 10.7. The van der Waals surface area contributed by atoms with E-state index in [1.54, 1.807) is 31.4 Å². The Morgan fingerprint density at radius 3 is 1.93 bits per heavy atom. The lowest BCUT2D eigenvalue weighted by Crippen LogP contribution is -2.37. The zero-order valence-corrected chi connectivity index (χ0v) is 17.8. The number of carbonyl (C=O) groups excluding carboxylic acids is 2. The summed E-state index contributed by atoms with van der Waals surface area (Å²) in [6.45, 7) is 9.10. The van der Waals surface area contributed by atoms with Crippen molar-refractivity contribution in [1.29, 1.82) is 0 Å². The van der Waals surface area contributed by atoms with Crippen molar-refractivity contribution in [3.8, 4) is 5.75 Å². The van der Waals surface area contributed by atoms with Gasteiger partial charge in [-0.25, -0.2) is 4.79 Å². The van der Waals surface area contributed by atoms with Gasteiger partial charge in [0.15, 0.2) is 0 Å². The van der Waals surface area contributed by atoms with Gasteiger partial charge >= 0.3 is 6.03 Å². The Bertz CT molecular complexity index is 804. The molecule has 0 heterocycles. The summed E-state index contributed by atoms with van der Waals surface area (Å²) in [7, 11) is 1.58. The average molecular weight is 398 g/mol. The molecule has 0 fully saturated rings. The summed E-state index contributed by atoms with van der Waals surface area (Å²) in [4.78, 5) is 24.5. The molecule has 0 aromatic heterocycles. The van der Waals surface area contributed by atoms with Crippen LogP contribution in [-0.4, -0.2) is 32.1 Å². The molecular weight excluding hydrogens is 366 g/mol. The van der Waals surface area contributed by atoms with Crippen LogP contribution >= 0.6 is 0 Å². The minimum atomic E-state index is -0.279. The first-order chi connectivity index (χ1) is 13.8. The van der Waals surface area contributed by atoms with Crippen LogP contribution < -0.4 is 20.7 Å². The smallest absolute Gasteiger partial charge is 0.319 e. The monoisotopic (exact) mass is 397 g/mol. The molecule has 0 aliphatic rings. The quantitative estimate of drug-likeness (QED) is 0.574. The maximum absolute atomic E-state index is 12.4. The molecule has 0 spiro atoms. The fourth-order valence-electron chi connectivity index (χ4n) is 3.05. The first-order valence-electron chi connectivity index (χ1n) is 9.93.